The van der Waals surface area contributed by atoms with Gasteiger partial charge in [0.25, 0.3) is 5.91 Å². The smallest absolute Gasteiger partial charge is 0.254 e. The van der Waals surface area contributed by atoms with Gasteiger partial charge in [0.2, 0.25) is 0 Å². The molecular weight excluding hydrogens is 519 g/mol. The SMILES string of the molecule is Cc1nc(CN(Cc2cccc(CNC(=O)c3c(Cl)cncc3Cl)c2)C2CCCc3cccnc32)c(C)[nH]1. The molecule has 0 radical (unpaired) electrons. The van der Waals surface area contributed by atoms with Crippen LogP contribution in [0.1, 0.15) is 68.8 Å². The van der Waals surface area contributed by atoms with Gasteiger partial charge in [-0.2, -0.15) is 0 Å². The molecule has 7 nitrogen and oxygen atoms in total. The molecule has 0 spiro atoms. The number of nitrogens with zero attached hydrogens (tertiary/aromatic N) is 4. The Morgan fingerprint density at radius 3 is 2.66 bits per heavy atom. The molecule has 38 heavy (non-hydrogen) atoms. The van der Waals surface area contributed by atoms with Crippen molar-refractivity contribution < 1.29 is 4.79 Å². The Balaban J connectivity index is 1.36. The summed E-state index contributed by atoms with van der Waals surface area (Å²) in [5, 5.41) is 3.38. The maximum atomic E-state index is 12.7. The number of H-pyrrole nitrogens is 1. The van der Waals surface area contributed by atoms with Crippen LogP contribution in [0.3, 0.4) is 0 Å². The number of carbonyl (C=O) groups excluding carboxylic acids is 1. The van der Waals surface area contributed by atoms with Crippen LogP contribution in [0.2, 0.25) is 10.0 Å². The quantitative estimate of drug-likeness (QED) is 0.276. The second-order valence-corrected chi connectivity index (χ2v) is 10.5. The van der Waals surface area contributed by atoms with Crippen LogP contribution in [0.5, 0.6) is 0 Å². The third kappa shape index (κ3) is 5.90. The van der Waals surface area contributed by atoms with Crippen molar-refractivity contribution in [3.63, 3.8) is 0 Å². The van der Waals surface area contributed by atoms with Crippen LogP contribution < -0.4 is 5.32 Å². The molecule has 0 bridgehead atoms. The summed E-state index contributed by atoms with van der Waals surface area (Å²) in [5.41, 5.74) is 7.02. The third-order valence-electron chi connectivity index (χ3n) is 6.97. The van der Waals surface area contributed by atoms with Crippen LogP contribution in [0.4, 0.5) is 0 Å². The van der Waals surface area contributed by atoms with E-state index in [0.29, 0.717) is 6.54 Å². The van der Waals surface area contributed by atoms with E-state index >= 15 is 0 Å². The molecule has 0 fully saturated rings. The van der Waals surface area contributed by atoms with Crippen molar-refractivity contribution in [1.29, 1.82) is 0 Å². The first-order chi connectivity index (χ1) is 18.4. The fourth-order valence-corrected chi connectivity index (χ4v) is 5.73. The number of hydrogen-bond donors (Lipinski definition) is 2. The van der Waals surface area contributed by atoms with E-state index in [-0.39, 0.29) is 27.6 Å². The third-order valence-corrected chi connectivity index (χ3v) is 7.55. The van der Waals surface area contributed by atoms with Gasteiger partial charge in [0.15, 0.2) is 0 Å². The van der Waals surface area contributed by atoms with Crippen molar-refractivity contribution in [2.45, 2.75) is 58.8 Å². The van der Waals surface area contributed by atoms with Gasteiger partial charge in [-0.3, -0.25) is 19.7 Å². The van der Waals surface area contributed by atoms with Crippen LogP contribution in [-0.2, 0) is 26.1 Å². The number of amides is 1. The first-order valence-corrected chi connectivity index (χ1v) is 13.5. The lowest BCUT2D eigenvalue weighted by atomic mass is 9.90. The lowest BCUT2D eigenvalue weighted by Gasteiger charge is -2.35. The molecule has 3 heterocycles. The summed E-state index contributed by atoms with van der Waals surface area (Å²) in [7, 11) is 0. The highest BCUT2D eigenvalue weighted by molar-refractivity contribution is 6.39. The van der Waals surface area contributed by atoms with Gasteiger partial charge in [-0.15, -0.1) is 0 Å². The summed E-state index contributed by atoms with van der Waals surface area (Å²) < 4.78 is 0. The van der Waals surface area contributed by atoms with Crippen molar-refractivity contribution >= 4 is 29.1 Å². The fourth-order valence-electron chi connectivity index (χ4n) is 5.19. The molecule has 5 rings (SSSR count). The van der Waals surface area contributed by atoms with Crippen LogP contribution in [0.25, 0.3) is 0 Å². The van der Waals surface area contributed by atoms with Gasteiger partial charge < -0.3 is 10.3 Å². The van der Waals surface area contributed by atoms with Gasteiger partial charge in [-0.05, 0) is 55.9 Å². The highest BCUT2D eigenvalue weighted by Crippen LogP contribution is 2.35. The minimum absolute atomic E-state index is 0.204. The number of nitrogens with one attached hydrogen (secondary N) is 2. The Morgan fingerprint density at radius 2 is 1.89 bits per heavy atom. The second kappa shape index (κ2) is 11.6. The second-order valence-electron chi connectivity index (χ2n) is 9.74. The molecule has 4 aromatic rings. The molecule has 0 saturated heterocycles. The maximum absolute atomic E-state index is 12.7. The fraction of sp³-hybridized carbons (Fsp3) is 0.310. The summed E-state index contributed by atoms with van der Waals surface area (Å²) in [4.78, 5) is 32.0. The van der Waals surface area contributed by atoms with E-state index in [1.165, 1.54) is 18.0 Å². The number of aromatic nitrogens is 4. The van der Waals surface area contributed by atoms with Crippen molar-refractivity contribution in [3.8, 4) is 0 Å². The van der Waals surface area contributed by atoms with Crippen LogP contribution in [0, 0.1) is 13.8 Å². The molecule has 1 atom stereocenters. The average Bonchev–Trinajstić information content (AvgIpc) is 3.23. The van der Waals surface area contributed by atoms with E-state index in [9.17, 15) is 4.79 Å². The molecule has 1 unspecified atom stereocenters. The monoisotopic (exact) mass is 548 g/mol. The molecular formula is C29H30Cl2N6O. The van der Waals surface area contributed by atoms with Crippen molar-refractivity contribution in [2.24, 2.45) is 0 Å². The molecule has 1 aliphatic carbocycles. The molecule has 196 valence electrons. The van der Waals surface area contributed by atoms with Gasteiger partial charge in [0.1, 0.15) is 5.82 Å². The number of rotatable bonds is 8. The lowest BCUT2D eigenvalue weighted by molar-refractivity contribution is 0.0951. The Labute approximate surface area is 232 Å². The summed E-state index contributed by atoms with van der Waals surface area (Å²) in [6, 6.07) is 12.7. The van der Waals surface area contributed by atoms with Crippen LogP contribution >= 0.6 is 23.2 Å². The van der Waals surface area contributed by atoms with Crippen molar-refractivity contribution in [2.75, 3.05) is 0 Å². The van der Waals surface area contributed by atoms with Crippen LogP contribution in [-0.4, -0.2) is 30.7 Å². The van der Waals surface area contributed by atoms with Crippen LogP contribution in [0.15, 0.2) is 55.0 Å². The summed E-state index contributed by atoms with van der Waals surface area (Å²) >= 11 is 12.3. The first-order valence-electron chi connectivity index (χ1n) is 12.7. The van der Waals surface area contributed by atoms with Gasteiger partial charge in [-0.1, -0.05) is 53.5 Å². The summed E-state index contributed by atoms with van der Waals surface area (Å²) in [6.45, 7) is 5.87. The largest absolute Gasteiger partial charge is 0.348 e. The number of imidazole rings is 1. The van der Waals surface area contributed by atoms with Crippen molar-refractivity contribution in [3.05, 3.63) is 110 Å². The first kappa shape index (κ1) is 26.4. The lowest BCUT2D eigenvalue weighted by Crippen LogP contribution is -2.32. The normalized spacial score (nSPS) is 14.9. The Bertz CT molecular complexity index is 1430. The standard InChI is InChI=1S/C29H30Cl2N6O/c1-18-25(36-19(2)35-18)17-37(26-10-4-8-22-9-5-11-33-28(22)26)16-21-7-3-6-20(12-21)13-34-29(38)27-23(30)14-32-15-24(27)31/h3,5-7,9,11-12,14-15,26H,4,8,10,13,16-17H2,1-2H3,(H,34,38)(H,35,36). The molecule has 3 aromatic heterocycles. The number of benzene rings is 1. The molecule has 0 aliphatic heterocycles. The van der Waals surface area contributed by atoms with E-state index < -0.39 is 0 Å². The minimum Gasteiger partial charge on any atom is -0.348 e. The highest BCUT2D eigenvalue weighted by atomic mass is 35.5. The predicted molar refractivity (Wildman–Crippen MR) is 149 cm³/mol. The number of pyridine rings is 2. The van der Waals surface area contributed by atoms with E-state index in [2.05, 4.69) is 45.3 Å². The van der Waals surface area contributed by atoms with Crippen molar-refractivity contribution in [1.82, 2.24) is 30.2 Å². The van der Waals surface area contributed by atoms with Gasteiger partial charge in [0, 0.05) is 43.9 Å². The van der Waals surface area contributed by atoms with Gasteiger partial charge in [-0.25, -0.2) is 4.98 Å². The van der Waals surface area contributed by atoms with Gasteiger partial charge >= 0.3 is 0 Å². The molecule has 2 N–H and O–H groups in total. The summed E-state index contributed by atoms with van der Waals surface area (Å²) in [6.07, 6.45) is 7.97. The van der Waals surface area contributed by atoms with E-state index in [1.54, 1.807) is 0 Å². The highest BCUT2D eigenvalue weighted by Gasteiger charge is 2.28. The zero-order valence-corrected chi connectivity index (χ0v) is 23.0. The number of halogens is 2. The number of hydrogen-bond acceptors (Lipinski definition) is 5. The molecule has 1 amide bonds. The topological polar surface area (TPSA) is 86.8 Å². The van der Waals surface area contributed by atoms with E-state index in [1.807, 2.05) is 31.3 Å². The number of carbonyl (C=O) groups is 1. The number of fused-ring (bicyclic) bond motifs is 1. The number of aryl methyl sites for hydroxylation is 3. The Kier molecular flexibility index (Phi) is 8.07. The van der Waals surface area contributed by atoms with E-state index in [0.717, 1.165) is 66.4 Å². The molecule has 1 aliphatic rings. The predicted octanol–water partition coefficient (Wildman–Crippen LogP) is 6.13. The zero-order valence-electron chi connectivity index (χ0n) is 21.5. The minimum atomic E-state index is -0.330. The molecule has 1 aromatic carbocycles. The Morgan fingerprint density at radius 1 is 1.11 bits per heavy atom. The van der Waals surface area contributed by atoms with Gasteiger partial charge in [0.05, 0.1) is 33.0 Å². The molecule has 9 heteroatoms. The zero-order chi connectivity index (χ0) is 26.6. The molecule has 0 saturated carbocycles. The average molecular weight is 550 g/mol. The number of aromatic amines is 1. The Hall–Kier alpha value is -3.26. The maximum Gasteiger partial charge on any atom is 0.254 e. The van der Waals surface area contributed by atoms with E-state index in [4.69, 9.17) is 33.2 Å². The summed E-state index contributed by atoms with van der Waals surface area (Å²) in [5.74, 6) is 0.593.